The fraction of sp³-hybridized carbons (Fsp3) is 0. The highest BCUT2D eigenvalue weighted by Crippen LogP contribution is 2.55. The van der Waals surface area contributed by atoms with E-state index in [1.54, 1.807) is 11.8 Å². The van der Waals surface area contributed by atoms with Crippen LogP contribution in [-0.4, -0.2) is 24.9 Å². The Morgan fingerprint density at radius 1 is 0.263 bits per heavy atom. The molecule has 12 aromatic rings. The predicted molar refractivity (Wildman–Crippen MR) is 307 cm³/mol. The number of para-hydroxylation sites is 6. The van der Waals surface area contributed by atoms with E-state index in [4.69, 9.17) is 29.7 Å². The maximum atomic E-state index is 6.59. The predicted octanol–water partition coefficient (Wildman–Crippen LogP) is 17.8. The second kappa shape index (κ2) is 19.1. The topological polar surface area (TPSA) is 80.2 Å². The summed E-state index contributed by atoms with van der Waals surface area (Å²) in [6.07, 6.45) is 0. The van der Waals surface area contributed by atoms with Crippen molar-refractivity contribution in [3.8, 4) is 90.7 Å². The number of hydrogen-bond acceptors (Lipinski definition) is 9. The summed E-state index contributed by atoms with van der Waals surface area (Å²) in [5.41, 5.74) is 14.8. The van der Waals surface area contributed by atoms with Gasteiger partial charge in [0.1, 0.15) is 0 Å². The van der Waals surface area contributed by atoms with Gasteiger partial charge in [-0.2, -0.15) is 0 Å². The second-order valence-corrected chi connectivity index (χ2v) is 19.6. The molecule has 0 N–H and O–H groups in total. The third-order valence-electron chi connectivity index (χ3n) is 13.6. The standard InChI is InChI=1S/C67H43N7OS/c1-5-21-44(22-6-1)54-43-55(45-23-7-2-8-24-45)69-66(68-54)50-37-48(38-51(39-50)67-71-64(46-25-9-3-10-26-46)70-65(72-67)47-27-11-4-12-28-47)49-40-52(73-56-29-13-17-33-60(56)75-61-34-18-14-30-57(61)73)42-53(41-49)74-58-31-15-19-35-62(58)76-63-36-20-16-32-59(63)74/h1-43H. The van der Waals surface area contributed by atoms with Crippen LogP contribution in [0.5, 0.6) is 11.5 Å². The highest BCUT2D eigenvalue weighted by atomic mass is 32.2. The van der Waals surface area contributed by atoms with Gasteiger partial charge in [-0.1, -0.05) is 182 Å². The van der Waals surface area contributed by atoms with E-state index >= 15 is 0 Å². The molecule has 0 spiro atoms. The van der Waals surface area contributed by atoms with Crippen LogP contribution in [0, 0.1) is 0 Å². The molecule has 0 fully saturated rings. The summed E-state index contributed by atoms with van der Waals surface area (Å²) in [4.78, 5) is 33.5. The van der Waals surface area contributed by atoms with Crippen molar-refractivity contribution < 1.29 is 4.74 Å². The van der Waals surface area contributed by atoms with Gasteiger partial charge in [-0.05, 0) is 102 Å². The normalized spacial score (nSPS) is 12.2. The third kappa shape index (κ3) is 8.40. The molecule has 0 saturated heterocycles. The van der Waals surface area contributed by atoms with Crippen LogP contribution in [0.2, 0.25) is 0 Å². The lowest BCUT2D eigenvalue weighted by molar-refractivity contribution is 0.477. The molecule has 0 amide bonds. The molecule has 0 aliphatic carbocycles. The van der Waals surface area contributed by atoms with E-state index < -0.39 is 0 Å². The molecule has 14 rings (SSSR count). The van der Waals surface area contributed by atoms with Crippen LogP contribution < -0.4 is 14.5 Å². The monoisotopic (exact) mass is 993 g/mol. The number of aromatic nitrogens is 5. The minimum atomic E-state index is 0.515. The van der Waals surface area contributed by atoms with Crippen molar-refractivity contribution in [2.45, 2.75) is 9.79 Å². The molecule has 2 aliphatic heterocycles. The molecule has 9 heteroatoms. The van der Waals surface area contributed by atoms with Gasteiger partial charge in [-0.3, -0.25) is 0 Å². The SMILES string of the molecule is c1ccc(-c2cc(-c3ccccc3)nc(-c3cc(-c4cc(N5c6ccccc6Oc6ccccc65)cc(N5c6ccccc6Sc6ccccc65)c4)cc(-c4nc(-c5ccccc5)nc(-c5ccccc5)n4)c3)n2)cc1. The third-order valence-corrected chi connectivity index (χ3v) is 14.8. The molecule has 0 atom stereocenters. The summed E-state index contributed by atoms with van der Waals surface area (Å²) in [7, 11) is 0. The van der Waals surface area contributed by atoms with E-state index in [9.17, 15) is 0 Å². The summed E-state index contributed by atoms with van der Waals surface area (Å²) >= 11 is 1.79. The summed E-state index contributed by atoms with van der Waals surface area (Å²) < 4.78 is 6.59. The molecule has 8 nitrogen and oxygen atoms in total. The highest BCUT2D eigenvalue weighted by molar-refractivity contribution is 7.99. The van der Waals surface area contributed by atoms with Gasteiger partial charge in [0.25, 0.3) is 0 Å². The Morgan fingerprint density at radius 2 is 0.605 bits per heavy atom. The quantitative estimate of drug-likeness (QED) is 0.140. The van der Waals surface area contributed by atoms with Gasteiger partial charge in [-0.15, -0.1) is 0 Å². The van der Waals surface area contributed by atoms with Crippen molar-refractivity contribution in [3.63, 3.8) is 0 Å². The van der Waals surface area contributed by atoms with Gasteiger partial charge in [0.05, 0.1) is 34.1 Å². The summed E-state index contributed by atoms with van der Waals surface area (Å²) in [6.45, 7) is 0. The Bertz CT molecular complexity index is 3670. The molecule has 358 valence electrons. The first kappa shape index (κ1) is 44.7. The molecule has 2 aliphatic rings. The van der Waals surface area contributed by atoms with Crippen molar-refractivity contribution in [3.05, 3.63) is 261 Å². The molecule has 0 unspecified atom stereocenters. The molecular formula is C67H43N7OS. The van der Waals surface area contributed by atoms with Crippen molar-refractivity contribution in [1.29, 1.82) is 0 Å². The molecule has 0 radical (unpaired) electrons. The first-order chi connectivity index (χ1) is 37.6. The van der Waals surface area contributed by atoms with Gasteiger partial charge in [0.2, 0.25) is 0 Å². The molecule has 10 aromatic carbocycles. The lowest BCUT2D eigenvalue weighted by Crippen LogP contribution is -2.18. The lowest BCUT2D eigenvalue weighted by Gasteiger charge is -2.36. The van der Waals surface area contributed by atoms with E-state index in [-0.39, 0.29) is 0 Å². The van der Waals surface area contributed by atoms with Crippen molar-refractivity contribution >= 4 is 45.9 Å². The Kier molecular flexibility index (Phi) is 11.3. The average molecular weight is 994 g/mol. The lowest BCUT2D eigenvalue weighted by atomic mass is 9.96. The number of anilines is 6. The van der Waals surface area contributed by atoms with Gasteiger partial charge < -0.3 is 14.5 Å². The second-order valence-electron chi connectivity index (χ2n) is 18.5. The Hall–Kier alpha value is -9.96. The van der Waals surface area contributed by atoms with Gasteiger partial charge >= 0.3 is 0 Å². The minimum Gasteiger partial charge on any atom is -0.453 e. The summed E-state index contributed by atoms with van der Waals surface area (Å²) in [6, 6.07) is 90.0. The number of fused-ring (bicyclic) bond motifs is 4. The molecule has 0 bridgehead atoms. The van der Waals surface area contributed by atoms with Crippen LogP contribution in [0.25, 0.3) is 79.2 Å². The zero-order valence-electron chi connectivity index (χ0n) is 40.8. The van der Waals surface area contributed by atoms with E-state index in [1.165, 1.54) is 9.79 Å². The van der Waals surface area contributed by atoms with E-state index in [0.29, 0.717) is 23.3 Å². The smallest absolute Gasteiger partial charge is 0.164 e. The van der Waals surface area contributed by atoms with Crippen molar-refractivity contribution in [1.82, 2.24) is 24.9 Å². The molecular weight excluding hydrogens is 951 g/mol. The Labute approximate surface area is 444 Å². The van der Waals surface area contributed by atoms with E-state index in [1.807, 2.05) is 121 Å². The molecule has 4 heterocycles. The average Bonchev–Trinajstić information content (AvgIpc) is 3.50. The van der Waals surface area contributed by atoms with Crippen LogP contribution in [0.4, 0.5) is 34.1 Å². The minimum absolute atomic E-state index is 0.515. The van der Waals surface area contributed by atoms with Crippen LogP contribution in [0.1, 0.15) is 0 Å². The van der Waals surface area contributed by atoms with Crippen molar-refractivity contribution in [2.24, 2.45) is 0 Å². The number of benzene rings is 10. The number of hydrogen-bond donors (Lipinski definition) is 0. The van der Waals surface area contributed by atoms with Crippen LogP contribution >= 0.6 is 11.8 Å². The van der Waals surface area contributed by atoms with Gasteiger partial charge in [0, 0.05) is 54.5 Å². The van der Waals surface area contributed by atoms with Gasteiger partial charge in [-0.25, -0.2) is 24.9 Å². The Morgan fingerprint density at radius 3 is 1.08 bits per heavy atom. The molecule has 2 aromatic heterocycles. The van der Waals surface area contributed by atoms with Crippen molar-refractivity contribution in [2.75, 3.05) is 9.80 Å². The zero-order chi connectivity index (χ0) is 50.4. The highest BCUT2D eigenvalue weighted by Gasteiger charge is 2.30. The Balaban J connectivity index is 1.06. The maximum Gasteiger partial charge on any atom is 0.164 e. The summed E-state index contributed by atoms with van der Waals surface area (Å²) in [5.74, 6) is 3.75. The van der Waals surface area contributed by atoms with Crippen LogP contribution in [0.15, 0.2) is 271 Å². The number of ether oxygens (including phenoxy) is 1. The fourth-order valence-electron chi connectivity index (χ4n) is 10.1. The molecule has 76 heavy (non-hydrogen) atoms. The van der Waals surface area contributed by atoms with Crippen LogP contribution in [-0.2, 0) is 0 Å². The first-order valence-electron chi connectivity index (χ1n) is 25.1. The number of nitrogens with zero attached hydrogens (tertiary/aromatic N) is 7. The largest absolute Gasteiger partial charge is 0.453 e. The van der Waals surface area contributed by atoms with Gasteiger partial charge in [0.15, 0.2) is 34.8 Å². The van der Waals surface area contributed by atoms with Crippen LogP contribution in [0.3, 0.4) is 0 Å². The number of rotatable bonds is 9. The zero-order valence-corrected chi connectivity index (χ0v) is 41.6. The summed E-state index contributed by atoms with van der Waals surface area (Å²) in [5, 5.41) is 0. The molecule has 0 saturated carbocycles. The van der Waals surface area contributed by atoms with E-state index in [2.05, 4.69) is 149 Å². The van der Waals surface area contributed by atoms with E-state index in [0.717, 1.165) is 102 Å². The fourth-order valence-corrected chi connectivity index (χ4v) is 11.1. The first-order valence-corrected chi connectivity index (χ1v) is 26.0. The maximum absolute atomic E-state index is 6.59.